The first kappa shape index (κ1) is 33.8. The molecule has 1 saturated carbocycles. The smallest absolute Gasteiger partial charge is 0.409 e. The molecule has 3 unspecified atom stereocenters. The SMILES string of the molecule is CCc1c(F)ccc2cc(O)cc(-c3ncc4c(N5CC6CC(O)C(C6)C5)nc(OC[C@]56CCCN5[C@H](COC(=O)N(C)C)CC6)nc4c3F)c12. The molecule has 1 amide bonds. The third-order valence-corrected chi connectivity index (χ3v) is 11.7. The average molecular weight is 703 g/mol. The molecule has 5 heterocycles. The Morgan fingerprint density at radius 3 is 2.76 bits per heavy atom. The highest BCUT2D eigenvalue weighted by Gasteiger charge is 2.50. The number of phenolic OH excluding ortho intramolecular Hbond substituents is 1. The van der Waals surface area contributed by atoms with Gasteiger partial charge in [0.2, 0.25) is 0 Å². The van der Waals surface area contributed by atoms with E-state index in [2.05, 4.69) is 19.8 Å². The van der Waals surface area contributed by atoms with Crippen LogP contribution in [0.25, 0.3) is 32.9 Å². The van der Waals surface area contributed by atoms with Gasteiger partial charge in [-0.15, -0.1) is 0 Å². The number of ether oxygens (including phenoxy) is 2. The number of rotatable bonds is 8. The van der Waals surface area contributed by atoms with Gasteiger partial charge in [-0.25, -0.2) is 13.6 Å². The van der Waals surface area contributed by atoms with Crippen molar-refractivity contribution in [2.45, 2.75) is 69.6 Å². The van der Waals surface area contributed by atoms with E-state index in [0.717, 1.165) is 38.6 Å². The van der Waals surface area contributed by atoms with Crippen LogP contribution in [-0.4, -0.2) is 106 Å². The van der Waals surface area contributed by atoms with Crippen molar-refractivity contribution < 1.29 is 33.3 Å². The topological polar surface area (TPSA) is 124 Å². The number of hydrogen-bond donors (Lipinski definition) is 2. The number of phenols is 1. The number of aromatic nitrogens is 3. The quantitative estimate of drug-likeness (QED) is 0.237. The van der Waals surface area contributed by atoms with Gasteiger partial charge >= 0.3 is 12.1 Å². The monoisotopic (exact) mass is 702 g/mol. The highest BCUT2D eigenvalue weighted by atomic mass is 19.1. The maximum atomic E-state index is 17.0. The number of aryl methyl sites for hydroxylation is 1. The molecule has 3 saturated heterocycles. The molecule has 13 heteroatoms. The number of benzene rings is 2. The molecular formula is C38H44F2N6O5. The van der Waals surface area contributed by atoms with E-state index in [-0.39, 0.29) is 64.7 Å². The summed E-state index contributed by atoms with van der Waals surface area (Å²) in [5.41, 5.74) is 0.357. The summed E-state index contributed by atoms with van der Waals surface area (Å²) in [4.78, 5) is 32.2. The number of piperidine rings is 1. The molecular weight excluding hydrogens is 658 g/mol. The molecule has 11 nitrogen and oxygen atoms in total. The van der Waals surface area contributed by atoms with Gasteiger partial charge in [0.1, 0.15) is 41.8 Å². The lowest BCUT2D eigenvalue weighted by molar-refractivity contribution is 0.0484. The van der Waals surface area contributed by atoms with Gasteiger partial charge in [0, 0.05) is 50.9 Å². The van der Waals surface area contributed by atoms with E-state index in [1.807, 2.05) is 6.92 Å². The maximum Gasteiger partial charge on any atom is 0.409 e. The second-order valence-corrected chi connectivity index (χ2v) is 15.0. The highest BCUT2D eigenvalue weighted by Crippen LogP contribution is 2.45. The number of aromatic hydroxyl groups is 1. The average Bonchev–Trinajstić information content (AvgIpc) is 3.76. The van der Waals surface area contributed by atoms with Crippen molar-refractivity contribution in [1.29, 1.82) is 0 Å². The number of fused-ring (bicyclic) bond motifs is 5. The first-order valence-electron chi connectivity index (χ1n) is 18.0. The van der Waals surface area contributed by atoms with E-state index in [9.17, 15) is 15.0 Å². The zero-order chi connectivity index (χ0) is 35.6. The first-order valence-corrected chi connectivity index (χ1v) is 18.0. The minimum atomic E-state index is -0.719. The predicted octanol–water partition coefficient (Wildman–Crippen LogP) is 5.67. The summed E-state index contributed by atoms with van der Waals surface area (Å²) in [6.07, 6.45) is 6.40. The Kier molecular flexibility index (Phi) is 8.61. The third-order valence-electron chi connectivity index (χ3n) is 11.7. The molecule has 2 aromatic carbocycles. The third kappa shape index (κ3) is 5.87. The van der Waals surface area contributed by atoms with Gasteiger partial charge < -0.3 is 29.5 Å². The van der Waals surface area contributed by atoms with Gasteiger partial charge in [-0.3, -0.25) is 9.88 Å². The van der Waals surface area contributed by atoms with Gasteiger partial charge in [-0.1, -0.05) is 13.0 Å². The summed E-state index contributed by atoms with van der Waals surface area (Å²) in [6.45, 7) is 4.50. The number of aliphatic hydroxyl groups is 1. The van der Waals surface area contributed by atoms with Crippen LogP contribution < -0.4 is 9.64 Å². The number of aliphatic hydroxyl groups excluding tert-OH is 1. The Balaban J connectivity index is 1.19. The number of anilines is 1. The van der Waals surface area contributed by atoms with Crippen LogP contribution in [0.3, 0.4) is 0 Å². The van der Waals surface area contributed by atoms with Gasteiger partial charge in [-0.05, 0) is 91.9 Å². The summed E-state index contributed by atoms with van der Waals surface area (Å²) < 4.78 is 44.1. The number of pyridine rings is 1. The number of hydrogen-bond acceptors (Lipinski definition) is 10. The molecule has 4 aliphatic rings. The predicted molar refractivity (Wildman–Crippen MR) is 188 cm³/mol. The summed E-state index contributed by atoms with van der Waals surface area (Å²) in [5.74, 6) is -0.352. The molecule has 2 bridgehead atoms. The van der Waals surface area contributed by atoms with E-state index < -0.39 is 17.7 Å². The Labute approximate surface area is 295 Å². The second kappa shape index (κ2) is 13.0. The molecule has 4 aromatic rings. The Bertz CT molecular complexity index is 2010. The Morgan fingerprint density at radius 2 is 1.98 bits per heavy atom. The molecule has 270 valence electrons. The Morgan fingerprint density at radius 1 is 1.14 bits per heavy atom. The van der Waals surface area contributed by atoms with Crippen molar-refractivity contribution in [3.8, 4) is 23.0 Å². The summed E-state index contributed by atoms with van der Waals surface area (Å²) in [6, 6.07) is 5.99. The zero-order valence-electron chi connectivity index (χ0n) is 29.2. The number of carbonyl (C=O) groups excluding carboxylic acids is 1. The van der Waals surface area contributed by atoms with Crippen LogP contribution in [0.1, 0.15) is 51.0 Å². The maximum absolute atomic E-state index is 17.0. The van der Waals surface area contributed by atoms with Crippen LogP contribution in [0.4, 0.5) is 19.4 Å². The molecule has 4 fully saturated rings. The van der Waals surface area contributed by atoms with Crippen LogP contribution in [0, 0.1) is 23.5 Å². The molecule has 8 rings (SSSR count). The van der Waals surface area contributed by atoms with E-state index in [0.29, 0.717) is 60.1 Å². The van der Waals surface area contributed by atoms with E-state index >= 15 is 8.78 Å². The summed E-state index contributed by atoms with van der Waals surface area (Å²) >= 11 is 0. The number of halogens is 2. The van der Waals surface area contributed by atoms with E-state index in [1.54, 1.807) is 26.4 Å². The van der Waals surface area contributed by atoms with Crippen LogP contribution >= 0.6 is 0 Å². The van der Waals surface area contributed by atoms with Gasteiger partial charge in [-0.2, -0.15) is 9.97 Å². The largest absolute Gasteiger partial charge is 0.508 e. The van der Waals surface area contributed by atoms with Crippen molar-refractivity contribution in [1.82, 2.24) is 24.8 Å². The number of amides is 1. The summed E-state index contributed by atoms with van der Waals surface area (Å²) in [7, 11) is 3.32. The lowest BCUT2D eigenvalue weighted by atomic mass is 9.94. The fourth-order valence-electron chi connectivity index (χ4n) is 9.24. The van der Waals surface area contributed by atoms with Gasteiger partial charge in [0.25, 0.3) is 0 Å². The Hall–Kier alpha value is -4.36. The fraction of sp³-hybridized carbons (Fsp3) is 0.526. The van der Waals surface area contributed by atoms with Crippen molar-refractivity contribution >= 4 is 33.6 Å². The number of nitrogens with zero attached hydrogens (tertiary/aromatic N) is 6. The minimum Gasteiger partial charge on any atom is -0.508 e. The van der Waals surface area contributed by atoms with Crippen LogP contribution in [0.5, 0.6) is 11.8 Å². The van der Waals surface area contributed by atoms with Crippen LogP contribution in [-0.2, 0) is 11.2 Å². The molecule has 51 heavy (non-hydrogen) atoms. The highest BCUT2D eigenvalue weighted by molar-refractivity contribution is 6.01. The second-order valence-electron chi connectivity index (χ2n) is 15.0. The minimum absolute atomic E-state index is 0.0186. The van der Waals surface area contributed by atoms with Crippen molar-refractivity contribution in [2.75, 3.05) is 51.8 Å². The molecule has 2 N–H and O–H groups in total. The lowest BCUT2D eigenvalue weighted by Gasteiger charge is -2.35. The molecule has 2 aromatic heterocycles. The van der Waals surface area contributed by atoms with E-state index in [4.69, 9.17) is 14.5 Å². The molecule has 3 aliphatic heterocycles. The van der Waals surface area contributed by atoms with Gasteiger partial charge in [0.15, 0.2) is 5.82 Å². The first-order chi connectivity index (χ1) is 24.5. The zero-order valence-corrected chi connectivity index (χ0v) is 29.2. The van der Waals surface area contributed by atoms with Crippen LogP contribution in [0.15, 0.2) is 30.5 Å². The molecule has 0 radical (unpaired) electrons. The molecule has 1 aliphatic carbocycles. The lowest BCUT2D eigenvalue weighted by Crippen LogP contribution is -2.48. The number of carbonyl (C=O) groups is 1. The van der Waals surface area contributed by atoms with Crippen molar-refractivity contribution in [3.63, 3.8) is 0 Å². The molecule has 5 atom stereocenters. The van der Waals surface area contributed by atoms with Gasteiger partial charge in [0.05, 0.1) is 17.0 Å². The van der Waals surface area contributed by atoms with Crippen LogP contribution in [0.2, 0.25) is 0 Å². The molecule has 0 spiro atoms. The fourth-order valence-corrected chi connectivity index (χ4v) is 9.24. The standard InChI is InChI=1S/C38H44F2N6O5/c1-4-26-29(39)7-6-22-14-25(47)15-27(31(22)26)33-32(40)34-28(16-41-33)35(45-17-21-12-23(18-45)30(48)13-21)43-36(42-34)51-20-38-9-5-11-46(38)24(8-10-38)19-50-37(49)44(2)3/h6-7,14-16,21,23-24,30,47-48H,4-5,8-13,17-20H2,1-3H3/t21?,23?,24-,30?,38+/m0/s1. The van der Waals surface area contributed by atoms with E-state index in [1.165, 1.54) is 23.1 Å². The van der Waals surface area contributed by atoms with Crippen molar-refractivity contribution in [2.24, 2.45) is 11.8 Å². The normalized spacial score (nSPS) is 25.9. The summed E-state index contributed by atoms with van der Waals surface area (Å²) in [5, 5.41) is 22.8. The van der Waals surface area contributed by atoms with Crippen molar-refractivity contribution in [3.05, 3.63) is 47.7 Å².